The number of nitrogens with one attached hydrogen (secondary N) is 1. The summed E-state index contributed by atoms with van der Waals surface area (Å²) in [5.74, 6) is 0.379. The van der Waals surface area contributed by atoms with Crippen LogP contribution in [0, 0.1) is 17.0 Å². The smallest absolute Gasteiger partial charge is 0.271 e. The molecule has 2 aromatic carbocycles. The summed E-state index contributed by atoms with van der Waals surface area (Å²) < 4.78 is 29.1. The van der Waals surface area contributed by atoms with Gasteiger partial charge >= 0.3 is 0 Å². The Bertz CT molecular complexity index is 1330. The maximum atomic E-state index is 12.9. The molecule has 3 aromatic rings. The zero-order valence-corrected chi connectivity index (χ0v) is 20.6. The molecule has 0 spiro atoms. The number of carbonyl (C=O) groups excluding carboxylic acids is 1. The molecule has 1 aromatic heterocycles. The van der Waals surface area contributed by atoms with Gasteiger partial charge in [0.25, 0.3) is 5.69 Å². The van der Waals surface area contributed by atoms with Crippen molar-refractivity contribution in [2.45, 2.75) is 52.0 Å². The third kappa shape index (κ3) is 5.10. The topological polar surface area (TPSA) is 127 Å². The van der Waals surface area contributed by atoms with Gasteiger partial charge in [-0.1, -0.05) is 19.9 Å². The van der Waals surface area contributed by atoms with Gasteiger partial charge in [0.15, 0.2) is 0 Å². The Kier molecular flexibility index (Phi) is 7.68. The highest BCUT2D eigenvalue weighted by atomic mass is 32.2. The molecule has 1 amide bonds. The van der Waals surface area contributed by atoms with Crippen LogP contribution in [-0.2, 0) is 27.8 Å². The number of amides is 1. The average Bonchev–Trinajstić information content (AvgIpc) is 3.16. The third-order valence-corrected chi connectivity index (χ3v) is 7.79. The first-order valence-electron chi connectivity index (χ1n) is 11.2. The quantitative estimate of drug-likeness (QED) is 0.341. The molecule has 3 rings (SSSR count). The number of non-ortho nitro benzene ring substituents is 1. The zero-order valence-electron chi connectivity index (χ0n) is 19.7. The lowest BCUT2D eigenvalue weighted by Crippen LogP contribution is -2.30. The fraction of sp³-hybridized carbons (Fsp3) is 0.391. The largest absolute Gasteiger partial charge is 0.328 e. The Balaban J connectivity index is 1.82. The van der Waals surface area contributed by atoms with Crippen LogP contribution in [0.15, 0.2) is 41.3 Å². The molecular weight excluding hydrogens is 458 g/mol. The van der Waals surface area contributed by atoms with Crippen molar-refractivity contribution in [2.24, 2.45) is 0 Å². The van der Waals surface area contributed by atoms with E-state index in [1.165, 1.54) is 16.4 Å². The van der Waals surface area contributed by atoms with Crippen LogP contribution >= 0.6 is 0 Å². The lowest BCUT2D eigenvalue weighted by molar-refractivity contribution is -0.384. The van der Waals surface area contributed by atoms with Crippen molar-refractivity contribution in [3.8, 4) is 0 Å². The SMILES string of the molecule is CCN(CC)S(=O)(=O)c1ccc2c(c1)nc(CCC(=O)Nc1cc([N+](=O)[O-])ccc1C)n2CC. The van der Waals surface area contributed by atoms with Crippen molar-refractivity contribution in [3.05, 3.63) is 57.9 Å². The summed E-state index contributed by atoms with van der Waals surface area (Å²) in [5.41, 5.74) is 2.38. The number of sulfonamides is 1. The van der Waals surface area contributed by atoms with E-state index < -0.39 is 14.9 Å². The first-order valence-corrected chi connectivity index (χ1v) is 12.6. The van der Waals surface area contributed by atoms with Gasteiger partial charge in [-0.3, -0.25) is 14.9 Å². The molecule has 0 bridgehead atoms. The van der Waals surface area contributed by atoms with E-state index >= 15 is 0 Å². The highest BCUT2D eigenvalue weighted by molar-refractivity contribution is 7.89. The second kappa shape index (κ2) is 10.3. The molecule has 1 N–H and O–H groups in total. The molecule has 11 heteroatoms. The molecule has 0 atom stereocenters. The highest BCUT2D eigenvalue weighted by Crippen LogP contribution is 2.25. The number of aromatic nitrogens is 2. The number of hydrogen-bond acceptors (Lipinski definition) is 6. The Morgan fingerprint density at radius 3 is 2.47 bits per heavy atom. The van der Waals surface area contributed by atoms with Crippen molar-refractivity contribution in [3.63, 3.8) is 0 Å². The summed E-state index contributed by atoms with van der Waals surface area (Å²) in [5, 5.41) is 13.8. The molecule has 34 heavy (non-hydrogen) atoms. The molecule has 0 fully saturated rings. The van der Waals surface area contributed by atoms with Gasteiger partial charge in [0.05, 0.1) is 26.5 Å². The highest BCUT2D eigenvalue weighted by Gasteiger charge is 2.23. The van der Waals surface area contributed by atoms with Crippen LogP contribution in [0.5, 0.6) is 0 Å². The minimum absolute atomic E-state index is 0.0934. The first-order chi connectivity index (χ1) is 16.1. The molecular formula is C23H29N5O5S. The Hall–Kier alpha value is -3.31. The number of rotatable bonds is 10. The molecule has 10 nitrogen and oxygen atoms in total. The zero-order chi connectivity index (χ0) is 25.0. The van der Waals surface area contributed by atoms with Gasteiger partial charge in [-0.2, -0.15) is 4.31 Å². The lowest BCUT2D eigenvalue weighted by Gasteiger charge is -2.18. The van der Waals surface area contributed by atoms with Crippen LogP contribution in [0.4, 0.5) is 11.4 Å². The average molecular weight is 488 g/mol. The minimum atomic E-state index is -3.61. The maximum absolute atomic E-state index is 12.9. The van der Waals surface area contributed by atoms with Crippen LogP contribution in [0.3, 0.4) is 0 Å². The van der Waals surface area contributed by atoms with Crippen LogP contribution in [0.25, 0.3) is 11.0 Å². The van der Waals surface area contributed by atoms with Crippen LogP contribution < -0.4 is 5.32 Å². The van der Waals surface area contributed by atoms with Crippen molar-refractivity contribution in [1.82, 2.24) is 13.9 Å². The van der Waals surface area contributed by atoms with E-state index in [0.717, 1.165) is 11.1 Å². The summed E-state index contributed by atoms with van der Waals surface area (Å²) in [7, 11) is -3.61. The number of aryl methyl sites for hydroxylation is 3. The predicted octanol–water partition coefficient (Wildman–Crippen LogP) is 3.87. The monoisotopic (exact) mass is 487 g/mol. The van der Waals surface area contributed by atoms with E-state index in [2.05, 4.69) is 10.3 Å². The van der Waals surface area contributed by atoms with Crippen LogP contribution in [0.2, 0.25) is 0 Å². The third-order valence-electron chi connectivity index (χ3n) is 5.74. The van der Waals surface area contributed by atoms with E-state index in [0.29, 0.717) is 43.1 Å². The molecule has 0 saturated carbocycles. The second-order valence-electron chi connectivity index (χ2n) is 7.82. The molecule has 1 heterocycles. The van der Waals surface area contributed by atoms with Gasteiger partial charge in [-0.15, -0.1) is 0 Å². The van der Waals surface area contributed by atoms with Crippen molar-refractivity contribution >= 4 is 38.3 Å². The van der Waals surface area contributed by atoms with E-state index in [9.17, 15) is 23.3 Å². The number of anilines is 1. The van der Waals surface area contributed by atoms with Gasteiger partial charge in [-0.05, 0) is 37.6 Å². The summed E-state index contributed by atoms with van der Waals surface area (Å²) in [6, 6.07) is 9.23. The van der Waals surface area contributed by atoms with Gasteiger partial charge in [0.1, 0.15) is 5.82 Å². The lowest BCUT2D eigenvalue weighted by atomic mass is 10.1. The molecule has 182 valence electrons. The Labute approximate surface area is 198 Å². The molecule has 0 aliphatic heterocycles. The first kappa shape index (κ1) is 25.3. The standard InChI is InChI=1S/C23H29N5O5S/c1-5-26(6-2)34(32,33)18-10-11-21-20(15-18)24-22(27(21)7-3)12-13-23(29)25-19-14-17(28(30)31)9-8-16(19)4/h8-11,14-15H,5-7,12-13H2,1-4H3,(H,25,29). The number of nitro groups is 1. The summed E-state index contributed by atoms with van der Waals surface area (Å²) >= 11 is 0. The van der Waals surface area contributed by atoms with Gasteiger partial charge in [-0.25, -0.2) is 13.4 Å². The van der Waals surface area contributed by atoms with Gasteiger partial charge < -0.3 is 9.88 Å². The second-order valence-corrected chi connectivity index (χ2v) is 9.75. The van der Waals surface area contributed by atoms with Gasteiger partial charge in [0.2, 0.25) is 15.9 Å². The van der Waals surface area contributed by atoms with Crippen LogP contribution in [0.1, 0.15) is 38.6 Å². The molecule has 0 radical (unpaired) electrons. The summed E-state index contributed by atoms with van der Waals surface area (Å²) in [4.78, 5) is 27.9. The van der Waals surface area contributed by atoms with E-state index in [1.54, 1.807) is 45.0 Å². The fourth-order valence-electron chi connectivity index (χ4n) is 3.87. The molecule has 0 aliphatic rings. The number of carbonyl (C=O) groups is 1. The van der Waals surface area contributed by atoms with E-state index in [4.69, 9.17) is 0 Å². The number of imidazole rings is 1. The fourth-order valence-corrected chi connectivity index (χ4v) is 5.35. The van der Waals surface area contributed by atoms with E-state index in [1.807, 2.05) is 11.5 Å². The summed E-state index contributed by atoms with van der Waals surface area (Å²) in [6.07, 6.45) is 0.455. The number of benzene rings is 2. The number of hydrogen-bond donors (Lipinski definition) is 1. The van der Waals surface area contributed by atoms with E-state index in [-0.39, 0.29) is 22.9 Å². The normalized spacial score (nSPS) is 11.8. The minimum Gasteiger partial charge on any atom is -0.328 e. The van der Waals surface area contributed by atoms with Crippen LogP contribution in [-0.4, -0.2) is 46.2 Å². The van der Waals surface area contributed by atoms with Crippen molar-refractivity contribution < 1.29 is 18.1 Å². The van der Waals surface area contributed by atoms with Crippen molar-refractivity contribution in [2.75, 3.05) is 18.4 Å². The Morgan fingerprint density at radius 1 is 1.15 bits per heavy atom. The maximum Gasteiger partial charge on any atom is 0.271 e. The molecule has 0 aliphatic carbocycles. The molecule has 0 saturated heterocycles. The van der Waals surface area contributed by atoms with Crippen molar-refractivity contribution in [1.29, 1.82) is 0 Å². The predicted molar refractivity (Wildman–Crippen MR) is 130 cm³/mol. The number of fused-ring (bicyclic) bond motifs is 1. The Morgan fingerprint density at radius 2 is 1.85 bits per heavy atom. The molecule has 0 unspecified atom stereocenters. The number of nitro benzene ring substituents is 1. The van der Waals surface area contributed by atoms with Gasteiger partial charge in [0, 0.05) is 44.6 Å². The summed E-state index contributed by atoms with van der Waals surface area (Å²) in [6.45, 7) is 8.68. The number of nitrogens with zero attached hydrogens (tertiary/aromatic N) is 4.